The summed E-state index contributed by atoms with van der Waals surface area (Å²) in [7, 11) is 0. The van der Waals surface area contributed by atoms with Gasteiger partial charge in [-0.25, -0.2) is 4.98 Å². The first-order valence-electron chi connectivity index (χ1n) is 8.15. The summed E-state index contributed by atoms with van der Waals surface area (Å²) in [6, 6.07) is 7.70. The summed E-state index contributed by atoms with van der Waals surface area (Å²) in [5.41, 5.74) is 1.43. The highest BCUT2D eigenvalue weighted by Crippen LogP contribution is 2.23. The van der Waals surface area contributed by atoms with Crippen LogP contribution in [0.4, 0.5) is 0 Å². The molecule has 0 bridgehead atoms. The van der Waals surface area contributed by atoms with Gasteiger partial charge < -0.3 is 9.47 Å². The lowest BCUT2D eigenvalue weighted by atomic mass is 10.1. The largest absolute Gasteiger partial charge is 0.380 e. The molecule has 1 aromatic rings. The van der Waals surface area contributed by atoms with Crippen LogP contribution >= 0.6 is 0 Å². The van der Waals surface area contributed by atoms with E-state index in [0.717, 1.165) is 64.2 Å². The topological polar surface area (TPSA) is 58.4 Å². The van der Waals surface area contributed by atoms with Gasteiger partial charge in [-0.3, -0.25) is 4.90 Å². The highest BCUT2D eigenvalue weighted by Gasteiger charge is 2.27. The van der Waals surface area contributed by atoms with E-state index in [2.05, 4.69) is 16.0 Å². The van der Waals surface area contributed by atoms with Crippen molar-refractivity contribution in [2.24, 2.45) is 0 Å². The van der Waals surface area contributed by atoms with Gasteiger partial charge in [-0.1, -0.05) is 6.07 Å². The van der Waals surface area contributed by atoms with Gasteiger partial charge in [0.15, 0.2) is 0 Å². The quantitative estimate of drug-likeness (QED) is 0.848. The van der Waals surface area contributed by atoms with Crippen LogP contribution in [-0.4, -0.2) is 54.9 Å². The first kappa shape index (κ1) is 15.4. The maximum Gasteiger partial charge on any atom is 0.140 e. The van der Waals surface area contributed by atoms with Crippen LogP contribution in [0, 0.1) is 11.3 Å². The number of rotatable bonds is 4. The molecule has 5 nitrogen and oxygen atoms in total. The van der Waals surface area contributed by atoms with Crippen LogP contribution in [0.25, 0.3) is 0 Å². The zero-order valence-corrected chi connectivity index (χ0v) is 12.9. The molecule has 5 heteroatoms. The molecule has 0 saturated carbocycles. The van der Waals surface area contributed by atoms with Crippen molar-refractivity contribution in [2.45, 2.75) is 37.9 Å². The van der Waals surface area contributed by atoms with Gasteiger partial charge in [-0.15, -0.1) is 0 Å². The molecule has 0 N–H and O–H groups in total. The van der Waals surface area contributed by atoms with Crippen molar-refractivity contribution in [3.8, 4) is 6.07 Å². The normalized spacial score (nSPS) is 26.5. The molecule has 3 rings (SSSR count). The standard InChI is InChI=1S/C17H23N3O2/c18-12-15-4-1-3-14(19-15)11-16-5-6-17(22-16)13-20-7-2-9-21-10-8-20/h1,3-4,16-17H,2,5-11,13H2/t16-,17+/m0/s1. The molecule has 0 aromatic carbocycles. The molecular formula is C17H23N3O2. The Bertz CT molecular complexity index is 521. The van der Waals surface area contributed by atoms with E-state index in [1.165, 1.54) is 0 Å². The Balaban J connectivity index is 1.48. The Labute approximate surface area is 131 Å². The van der Waals surface area contributed by atoms with E-state index >= 15 is 0 Å². The minimum absolute atomic E-state index is 0.231. The smallest absolute Gasteiger partial charge is 0.140 e. The average Bonchev–Trinajstić information content (AvgIpc) is 2.81. The molecule has 2 atom stereocenters. The highest BCUT2D eigenvalue weighted by molar-refractivity contribution is 5.22. The lowest BCUT2D eigenvalue weighted by Gasteiger charge is -2.23. The predicted molar refractivity (Wildman–Crippen MR) is 82.4 cm³/mol. The second-order valence-corrected chi connectivity index (χ2v) is 6.05. The lowest BCUT2D eigenvalue weighted by molar-refractivity contribution is 0.0224. The molecule has 2 saturated heterocycles. The summed E-state index contributed by atoms with van der Waals surface area (Å²) in [5, 5.41) is 8.91. The maximum absolute atomic E-state index is 8.91. The number of aromatic nitrogens is 1. The van der Waals surface area contributed by atoms with E-state index < -0.39 is 0 Å². The first-order chi connectivity index (χ1) is 10.8. The zero-order chi connectivity index (χ0) is 15.2. The predicted octanol–water partition coefficient (Wildman–Crippen LogP) is 1.77. The molecule has 3 heterocycles. The molecule has 2 aliphatic rings. The van der Waals surface area contributed by atoms with Crippen molar-refractivity contribution in [1.82, 2.24) is 9.88 Å². The summed E-state index contributed by atoms with van der Waals surface area (Å²) in [4.78, 5) is 6.79. The maximum atomic E-state index is 8.91. The second-order valence-electron chi connectivity index (χ2n) is 6.05. The fourth-order valence-corrected chi connectivity index (χ4v) is 3.22. The third-order valence-corrected chi connectivity index (χ3v) is 4.33. The fourth-order valence-electron chi connectivity index (χ4n) is 3.22. The van der Waals surface area contributed by atoms with E-state index in [1.54, 1.807) is 6.07 Å². The summed E-state index contributed by atoms with van der Waals surface area (Å²) < 4.78 is 11.7. The number of nitrogens with zero attached hydrogens (tertiary/aromatic N) is 3. The third-order valence-electron chi connectivity index (χ3n) is 4.33. The molecule has 0 amide bonds. The van der Waals surface area contributed by atoms with Crippen LogP contribution in [-0.2, 0) is 15.9 Å². The molecule has 0 radical (unpaired) electrons. The summed E-state index contributed by atoms with van der Waals surface area (Å²) in [6.07, 6.45) is 4.65. The number of hydrogen-bond donors (Lipinski definition) is 0. The van der Waals surface area contributed by atoms with Crippen molar-refractivity contribution in [1.29, 1.82) is 5.26 Å². The van der Waals surface area contributed by atoms with Crippen molar-refractivity contribution < 1.29 is 9.47 Å². The summed E-state index contributed by atoms with van der Waals surface area (Å²) >= 11 is 0. The molecular weight excluding hydrogens is 278 g/mol. The van der Waals surface area contributed by atoms with E-state index in [1.807, 2.05) is 12.1 Å². The van der Waals surface area contributed by atoms with Gasteiger partial charge >= 0.3 is 0 Å². The van der Waals surface area contributed by atoms with Gasteiger partial charge in [-0.2, -0.15) is 5.26 Å². The van der Waals surface area contributed by atoms with Crippen molar-refractivity contribution in [2.75, 3.05) is 32.8 Å². The number of hydrogen-bond acceptors (Lipinski definition) is 5. The molecule has 0 aliphatic carbocycles. The lowest BCUT2D eigenvalue weighted by Crippen LogP contribution is -2.34. The summed E-state index contributed by atoms with van der Waals surface area (Å²) in [6.45, 7) is 4.84. The van der Waals surface area contributed by atoms with E-state index in [4.69, 9.17) is 14.7 Å². The van der Waals surface area contributed by atoms with Gasteiger partial charge in [-0.05, 0) is 31.4 Å². The first-order valence-corrected chi connectivity index (χ1v) is 8.15. The SMILES string of the molecule is N#Cc1cccc(C[C@@H]2CC[C@H](CN3CCCOCC3)O2)n1. The van der Waals surface area contributed by atoms with Crippen molar-refractivity contribution in [3.63, 3.8) is 0 Å². The molecule has 1 aromatic heterocycles. The van der Waals surface area contributed by atoms with E-state index in [9.17, 15) is 0 Å². The van der Waals surface area contributed by atoms with Crippen molar-refractivity contribution >= 4 is 0 Å². The Hall–Kier alpha value is -1.48. The van der Waals surface area contributed by atoms with Crippen LogP contribution in [0.5, 0.6) is 0 Å². The third kappa shape index (κ3) is 4.26. The Kier molecular flexibility index (Phi) is 5.38. The minimum Gasteiger partial charge on any atom is -0.380 e. The number of nitriles is 1. The van der Waals surface area contributed by atoms with Crippen LogP contribution in [0.15, 0.2) is 18.2 Å². The van der Waals surface area contributed by atoms with Gasteiger partial charge in [0, 0.05) is 38.4 Å². The van der Waals surface area contributed by atoms with Crippen LogP contribution < -0.4 is 0 Å². The van der Waals surface area contributed by atoms with Gasteiger partial charge in [0.2, 0.25) is 0 Å². The molecule has 118 valence electrons. The van der Waals surface area contributed by atoms with E-state index in [-0.39, 0.29) is 6.10 Å². The number of ether oxygens (including phenoxy) is 2. The Morgan fingerprint density at radius 3 is 3.05 bits per heavy atom. The highest BCUT2D eigenvalue weighted by atomic mass is 16.5. The van der Waals surface area contributed by atoms with Crippen molar-refractivity contribution in [3.05, 3.63) is 29.6 Å². The van der Waals surface area contributed by atoms with Gasteiger partial charge in [0.05, 0.1) is 18.8 Å². The van der Waals surface area contributed by atoms with E-state index in [0.29, 0.717) is 11.8 Å². The molecule has 0 unspecified atom stereocenters. The molecule has 2 fully saturated rings. The fraction of sp³-hybridized carbons (Fsp3) is 0.647. The average molecular weight is 301 g/mol. The second kappa shape index (κ2) is 7.68. The Morgan fingerprint density at radius 2 is 2.14 bits per heavy atom. The van der Waals surface area contributed by atoms with Crippen LogP contribution in [0.1, 0.15) is 30.7 Å². The van der Waals surface area contributed by atoms with Gasteiger partial charge in [0.25, 0.3) is 0 Å². The molecule has 2 aliphatic heterocycles. The molecule has 22 heavy (non-hydrogen) atoms. The Morgan fingerprint density at radius 1 is 1.23 bits per heavy atom. The van der Waals surface area contributed by atoms with Crippen LogP contribution in [0.2, 0.25) is 0 Å². The summed E-state index contributed by atoms with van der Waals surface area (Å²) in [5.74, 6) is 0. The van der Waals surface area contributed by atoms with Crippen LogP contribution in [0.3, 0.4) is 0 Å². The minimum atomic E-state index is 0.231. The molecule has 0 spiro atoms. The number of pyridine rings is 1. The van der Waals surface area contributed by atoms with Gasteiger partial charge in [0.1, 0.15) is 11.8 Å². The zero-order valence-electron chi connectivity index (χ0n) is 12.9. The monoisotopic (exact) mass is 301 g/mol.